The molecule has 14 heteroatoms. The molecule has 0 radical (unpaired) electrons. The molecule has 1 saturated heterocycles. The normalized spacial score (nSPS) is 25.9. The van der Waals surface area contributed by atoms with Gasteiger partial charge in [-0.05, 0) is 0 Å². The zero-order chi connectivity index (χ0) is 23.8. The lowest BCUT2D eigenvalue weighted by Gasteiger charge is -2.44. The number of carbonyl (C=O) groups is 4. The van der Waals surface area contributed by atoms with Gasteiger partial charge in [0.25, 0.3) is 10.1 Å². The molecule has 0 aromatic carbocycles. The Labute approximate surface area is 179 Å². The number of carbonyl (C=O) groups excluding carboxylic acids is 4. The van der Waals surface area contributed by atoms with Crippen LogP contribution in [0.15, 0.2) is 0 Å². The van der Waals surface area contributed by atoms with Gasteiger partial charge in [-0.3, -0.25) is 23.4 Å². The summed E-state index contributed by atoms with van der Waals surface area (Å²) in [5.41, 5.74) is 0. The lowest BCUT2D eigenvalue weighted by Crippen LogP contribution is -2.63. The standard InChI is InChI=1S/C17H26O13S/c1-9(18)25-8-13-14(27-10(2)19)15(28-11(3)20)16(29-12(4)21)17(30-13)24-6-7-26-31(5,22)23/h13-17H,6-8H2,1-5H3/t13-,14-,15+,16-,17-/m1/s1. The minimum Gasteiger partial charge on any atom is -0.463 e. The number of hydrogen-bond acceptors (Lipinski definition) is 13. The molecule has 1 rings (SSSR count). The first-order valence-corrected chi connectivity index (χ1v) is 10.9. The minimum atomic E-state index is -3.73. The molecule has 0 aliphatic carbocycles. The van der Waals surface area contributed by atoms with E-state index < -0.39 is 71.3 Å². The molecule has 13 nitrogen and oxygen atoms in total. The molecule has 1 aliphatic heterocycles. The average Bonchev–Trinajstić information content (AvgIpc) is 2.59. The zero-order valence-electron chi connectivity index (χ0n) is 17.7. The number of esters is 4. The van der Waals surface area contributed by atoms with Gasteiger partial charge < -0.3 is 28.4 Å². The first-order chi connectivity index (χ1) is 14.3. The highest BCUT2D eigenvalue weighted by Crippen LogP contribution is 2.29. The highest BCUT2D eigenvalue weighted by molar-refractivity contribution is 7.85. The molecule has 1 fully saturated rings. The monoisotopic (exact) mass is 470 g/mol. The van der Waals surface area contributed by atoms with Crippen molar-refractivity contribution in [1.29, 1.82) is 0 Å². The van der Waals surface area contributed by atoms with Gasteiger partial charge in [-0.15, -0.1) is 0 Å². The van der Waals surface area contributed by atoms with Gasteiger partial charge in [-0.2, -0.15) is 8.42 Å². The second-order valence-electron chi connectivity index (χ2n) is 6.46. The molecule has 0 aromatic heterocycles. The lowest BCUT2D eigenvalue weighted by atomic mass is 9.98. The van der Waals surface area contributed by atoms with E-state index in [0.29, 0.717) is 0 Å². The van der Waals surface area contributed by atoms with Crippen molar-refractivity contribution in [3.8, 4) is 0 Å². The van der Waals surface area contributed by atoms with Gasteiger partial charge in [0.1, 0.15) is 12.7 Å². The number of hydrogen-bond donors (Lipinski definition) is 0. The van der Waals surface area contributed by atoms with E-state index in [1.54, 1.807) is 0 Å². The Bertz CT molecular complexity index is 762. The first kappa shape index (κ1) is 26.7. The molecule has 0 amide bonds. The van der Waals surface area contributed by atoms with Crippen LogP contribution >= 0.6 is 0 Å². The fourth-order valence-corrected chi connectivity index (χ4v) is 3.04. The van der Waals surface area contributed by atoms with Crippen molar-refractivity contribution in [2.24, 2.45) is 0 Å². The highest BCUT2D eigenvalue weighted by Gasteiger charge is 2.52. The van der Waals surface area contributed by atoms with Gasteiger partial charge in [0.2, 0.25) is 0 Å². The third kappa shape index (κ3) is 10.0. The molecule has 0 N–H and O–H groups in total. The van der Waals surface area contributed by atoms with Crippen LogP contribution in [0.25, 0.3) is 0 Å². The second kappa shape index (κ2) is 11.9. The van der Waals surface area contributed by atoms with Crippen LogP contribution in [0.3, 0.4) is 0 Å². The molecule has 0 unspecified atom stereocenters. The summed E-state index contributed by atoms with van der Waals surface area (Å²) >= 11 is 0. The van der Waals surface area contributed by atoms with Gasteiger partial charge in [0, 0.05) is 27.7 Å². The van der Waals surface area contributed by atoms with E-state index in [4.69, 9.17) is 28.4 Å². The smallest absolute Gasteiger partial charge is 0.303 e. The number of rotatable bonds is 10. The van der Waals surface area contributed by atoms with Crippen LogP contribution < -0.4 is 0 Å². The van der Waals surface area contributed by atoms with Crippen LogP contribution in [0.4, 0.5) is 0 Å². The quantitative estimate of drug-likeness (QED) is 0.166. The summed E-state index contributed by atoms with van der Waals surface area (Å²) in [7, 11) is -3.73. The minimum absolute atomic E-state index is 0.319. The topological polar surface area (TPSA) is 167 Å². The summed E-state index contributed by atoms with van der Waals surface area (Å²) in [4.78, 5) is 46.1. The van der Waals surface area contributed by atoms with Crippen LogP contribution in [0.5, 0.6) is 0 Å². The summed E-state index contributed by atoms with van der Waals surface area (Å²) in [6, 6.07) is 0. The maximum absolute atomic E-state index is 11.7. The molecule has 1 aliphatic rings. The van der Waals surface area contributed by atoms with Gasteiger partial charge >= 0.3 is 23.9 Å². The fraction of sp³-hybridized carbons (Fsp3) is 0.765. The third-order valence-electron chi connectivity index (χ3n) is 3.61. The van der Waals surface area contributed by atoms with Gasteiger partial charge in [-0.25, -0.2) is 0 Å². The van der Waals surface area contributed by atoms with Crippen LogP contribution in [-0.4, -0.2) is 89.1 Å². The molecule has 178 valence electrons. The van der Waals surface area contributed by atoms with E-state index in [1.807, 2.05) is 0 Å². The largest absolute Gasteiger partial charge is 0.463 e. The van der Waals surface area contributed by atoms with E-state index >= 15 is 0 Å². The summed E-state index contributed by atoms with van der Waals surface area (Å²) in [5, 5.41) is 0. The molecule has 0 aromatic rings. The van der Waals surface area contributed by atoms with Crippen molar-refractivity contribution < 1.29 is 60.2 Å². The van der Waals surface area contributed by atoms with Crippen molar-refractivity contribution in [1.82, 2.24) is 0 Å². The summed E-state index contributed by atoms with van der Waals surface area (Å²) in [6.07, 6.45) is -5.79. The maximum atomic E-state index is 11.7. The molecular formula is C17H26O13S. The van der Waals surface area contributed by atoms with Crippen LogP contribution in [0.1, 0.15) is 27.7 Å². The summed E-state index contributed by atoms with van der Waals surface area (Å²) < 4.78 is 58.3. The van der Waals surface area contributed by atoms with Crippen LogP contribution in [0.2, 0.25) is 0 Å². The molecule has 5 atom stereocenters. The molecule has 0 spiro atoms. The Kier molecular flexibility index (Phi) is 10.3. The molecule has 31 heavy (non-hydrogen) atoms. The van der Waals surface area contributed by atoms with Gasteiger partial charge in [0.15, 0.2) is 24.6 Å². The van der Waals surface area contributed by atoms with Crippen molar-refractivity contribution in [3.63, 3.8) is 0 Å². The summed E-state index contributed by atoms with van der Waals surface area (Å²) in [5.74, 6) is -2.99. The SMILES string of the molecule is CC(=O)OC[C@H]1O[C@@H](OCCOS(C)(=O)=O)[C@H](OC(C)=O)[C@@H](OC(C)=O)[C@@H]1OC(C)=O. The molecular weight excluding hydrogens is 444 g/mol. The second-order valence-corrected chi connectivity index (χ2v) is 8.11. The van der Waals surface area contributed by atoms with Crippen molar-refractivity contribution >= 4 is 34.0 Å². The van der Waals surface area contributed by atoms with Crippen molar-refractivity contribution in [2.75, 3.05) is 26.1 Å². The van der Waals surface area contributed by atoms with E-state index in [-0.39, 0.29) is 13.2 Å². The van der Waals surface area contributed by atoms with Crippen molar-refractivity contribution in [2.45, 2.75) is 58.4 Å². The van der Waals surface area contributed by atoms with E-state index in [1.165, 1.54) is 0 Å². The fourth-order valence-electron chi connectivity index (χ4n) is 2.67. The Balaban J connectivity index is 3.18. The van der Waals surface area contributed by atoms with Crippen LogP contribution in [0, 0.1) is 0 Å². The van der Waals surface area contributed by atoms with E-state index in [9.17, 15) is 27.6 Å². The van der Waals surface area contributed by atoms with Gasteiger partial charge in [-0.1, -0.05) is 0 Å². The zero-order valence-corrected chi connectivity index (χ0v) is 18.5. The predicted octanol–water partition coefficient (Wildman–Crippen LogP) is -0.938. The highest BCUT2D eigenvalue weighted by atomic mass is 32.2. The Morgan fingerprint density at radius 1 is 0.774 bits per heavy atom. The van der Waals surface area contributed by atoms with Gasteiger partial charge in [0.05, 0.1) is 19.5 Å². The van der Waals surface area contributed by atoms with E-state index in [2.05, 4.69) is 4.18 Å². The Morgan fingerprint density at radius 3 is 1.77 bits per heavy atom. The molecule has 1 heterocycles. The number of ether oxygens (including phenoxy) is 6. The molecule has 0 saturated carbocycles. The Morgan fingerprint density at radius 2 is 1.29 bits per heavy atom. The van der Waals surface area contributed by atoms with Crippen molar-refractivity contribution in [3.05, 3.63) is 0 Å². The first-order valence-electron chi connectivity index (χ1n) is 9.06. The van der Waals surface area contributed by atoms with Crippen LogP contribution in [-0.2, 0) is 61.9 Å². The third-order valence-corrected chi connectivity index (χ3v) is 4.21. The lowest BCUT2D eigenvalue weighted by molar-refractivity contribution is -0.308. The summed E-state index contributed by atoms with van der Waals surface area (Å²) in [6.45, 7) is 3.30. The van der Waals surface area contributed by atoms with E-state index in [0.717, 1.165) is 34.0 Å². The predicted molar refractivity (Wildman–Crippen MR) is 98.7 cm³/mol. The maximum Gasteiger partial charge on any atom is 0.303 e. The Hall–Kier alpha value is -2.29. The molecule has 0 bridgehead atoms. The average molecular weight is 470 g/mol.